The van der Waals surface area contributed by atoms with Crippen LogP contribution in [0.25, 0.3) is 22.0 Å². The van der Waals surface area contributed by atoms with E-state index in [4.69, 9.17) is 11.6 Å². The summed E-state index contributed by atoms with van der Waals surface area (Å²) >= 11 is 5.93. The highest BCUT2D eigenvalue weighted by molar-refractivity contribution is 6.30. The number of aromatic nitrogens is 3. The van der Waals surface area contributed by atoms with E-state index in [0.29, 0.717) is 16.5 Å². The third-order valence-electron chi connectivity index (χ3n) is 4.05. The number of halogens is 2. The zero-order valence-corrected chi connectivity index (χ0v) is 14.6. The van der Waals surface area contributed by atoms with Crippen LogP contribution in [0.1, 0.15) is 5.69 Å². The zero-order chi connectivity index (χ0) is 18.1. The Bertz CT molecular complexity index is 1090. The van der Waals surface area contributed by atoms with Gasteiger partial charge in [0.25, 0.3) is 0 Å². The van der Waals surface area contributed by atoms with Gasteiger partial charge in [-0.05, 0) is 37.3 Å². The maximum absolute atomic E-state index is 14.5. The van der Waals surface area contributed by atoms with E-state index in [0.717, 1.165) is 27.7 Å². The summed E-state index contributed by atoms with van der Waals surface area (Å²) < 4.78 is 14.5. The molecule has 0 aliphatic heterocycles. The first-order valence-electron chi connectivity index (χ1n) is 8.00. The quantitative estimate of drug-likeness (QED) is 0.518. The summed E-state index contributed by atoms with van der Waals surface area (Å²) in [6.45, 7) is 1.87. The summed E-state index contributed by atoms with van der Waals surface area (Å²) in [5.41, 5.74) is 2.81. The van der Waals surface area contributed by atoms with Gasteiger partial charge in [-0.1, -0.05) is 23.7 Å². The number of nitrogens with zero attached hydrogens (tertiary/aromatic N) is 3. The number of anilines is 2. The highest BCUT2D eigenvalue weighted by Crippen LogP contribution is 2.30. The molecule has 1 N–H and O–H groups in total. The van der Waals surface area contributed by atoms with Crippen molar-refractivity contribution in [2.75, 3.05) is 5.32 Å². The molecule has 6 heteroatoms. The molecule has 4 rings (SSSR count). The second kappa shape index (κ2) is 6.69. The van der Waals surface area contributed by atoms with Crippen molar-refractivity contribution in [3.63, 3.8) is 0 Å². The van der Waals surface area contributed by atoms with E-state index in [9.17, 15) is 4.39 Å². The molecule has 2 aromatic carbocycles. The Morgan fingerprint density at radius 3 is 2.58 bits per heavy atom. The number of hydrogen-bond donors (Lipinski definition) is 1. The average Bonchev–Trinajstić information content (AvgIpc) is 2.65. The lowest BCUT2D eigenvalue weighted by molar-refractivity contribution is 0.633. The Hall–Kier alpha value is -3.05. The molecule has 26 heavy (non-hydrogen) atoms. The third-order valence-corrected chi connectivity index (χ3v) is 4.30. The normalized spacial score (nSPS) is 10.9. The topological polar surface area (TPSA) is 50.7 Å². The van der Waals surface area contributed by atoms with Gasteiger partial charge >= 0.3 is 0 Å². The Kier molecular flexibility index (Phi) is 4.22. The van der Waals surface area contributed by atoms with E-state index in [-0.39, 0.29) is 5.82 Å². The number of pyridine rings is 1. The Morgan fingerprint density at radius 2 is 1.77 bits per heavy atom. The molecule has 0 bridgehead atoms. The molecule has 4 aromatic rings. The number of fused-ring (bicyclic) bond motifs is 1. The summed E-state index contributed by atoms with van der Waals surface area (Å²) in [6.07, 6.45) is 3.18. The van der Waals surface area contributed by atoms with Crippen molar-refractivity contribution in [3.05, 3.63) is 77.6 Å². The predicted molar refractivity (Wildman–Crippen MR) is 102 cm³/mol. The monoisotopic (exact) mass is 364 g/mol. The van der Waals surface area contributed by atoms with Gasteiger partial charge in [0.05, 0.1) is 11.4 Å². The van der Waals surface area contributed by atoms with Crippen LogP contribution in [0.3, 0.4) is 0 Å². The molecule has 0 saturated heterocycles. The summed E-state index contributed by atoms with van der Waals surface area (Å²) in [6, 6.07) is 14.1. The smallest absolute Gasteiger partial charge is 0.147 e. The second-order valence-electron chi connectivity index (χ2n) is 5.89. The number of rotatable bonds is 3. The molecule has 0 saturated carbocycles. The molecule has 2 heterocycles. The maximum Gasteiger partial charge on any atom is 0.147 e. The van der Waals surface area contributed by atoms with Gasteiger partial charge in [0.1, 0.15) is 18.0 Å². The van der Waals surface area contributed by atoms with Gasteiger partial charge < -0.3 is 5.32 Å². The van der Waals surface area contributed by atoms with Gasteiger partial charge in [-0.3, -0.25) is 4.98 Å². The van der Waals surface area contributed by atoms with Crippen LogP contribution < -0.4 is 5.32 Å². The second-order valence-corrected chi connectivity index (χ2v) is 6.33. The minimum Gasteiger partial charge on any atom is -0.337 e. The lowest BCUT2D eigenvalue weighted by Gasteiger charge is -2.11. The van der Waals surface area contributed by atoms with Crippen molar-refractivity contribution in [1.82, 2.24) is 15.0 Å². The van der Waals surface area contributed by atoms with E-state index in [1.54, 1.807) is 30.5 Å². The van der Waals surface area contributed by atoms with Gasteiger partial charge in [0, 0.05) is 39.3 Å². The minimum atomic E-state index is -0.352. The van der Waals surface area contributed by atoms with Crippen molar-refractivity contribution >= 4 is 33.9 Å². The number of nitrogens with one attached hydrogen (secondary N) is 1. The van der Waals surface area contributed by atoms with E-state index in [1.165, 1.54) is 12.4 Å². The molecule has 4 nitrogen and oxygen atoms in total. The predicted octanol–water partition coefficient (Wildman–Crippen LogP) is 5.54. The van der Waals surface area contributed by atoms with E-state index in [1.807, 2.05) is 25.1 Å². The van der Waals surface area contributed by atoms with Gasteiger partial charge in [0.2, 0.25) is 0 Å². The SMILES string of the molecule is Cc1cc2c(Nc3cc(-c4ccc(Cl)cc4)ncn3)c(F)ccc2cn1. The molecule has 0 radical (unpaired) electrons. The first-order valence-corrected chi connectivity index (χ1v) is 8.38. The van der Waals surface area contributed by atoms with Crippen LogP contribution in [0.4, 0.5) is 15.9 Å². The fourth-order valence-corrected chi connectivity index (χ4v) is 2.88. The molecular formula is C20H14ClFN4. The molecule has 0 aliphatic rings. The highest BCUT2D eigenvalue weighted by Gasteiger charge is 2.10. The first kappa shape index (κ1) is 16.4. The van der Waals surface area contributed by atoms with Crippen LogP contribution in [0.2, 0.25) is 5.02 Å². The third kappa shape index (κ3) is 3.21. The van der Waals surface area contributed by atoms with Crippen LogP contribution in [0.5, 0.6) is 0 Å². The standard InChI is InChI=1S/C20H14ClFN4/c1-12-8-16-14(10-23-12)4-7-17(22)20(16)26-19-9-18(24-11-25-19)13-2-5-15(21)6-3-13/h2-11H,1H3,(H,24,25,26). The highest BCUT2D eigenvalue weighted by atomic mass is 35.5. The van der Waals surface area contributed by atoms with Crippen LogP contribution >= 0.6 is 11.6 Å². The van der Waals surface area contributed by atoms with E-state index in [2.05, 4.69) is 20.3 Å². The Morgan fingerprint density at radius 1 is 0.962 bits per heavy atom. The van der Waals surface area contributed by atoms with Gasteiger partial charge in [-0.15, -0.1) is 0 Å². The molecule has 0 fully saturated rings. The number of benzene rings is 2. The zero-order valence-electron chi connectivity index (χ0n) is 13.9. The van der Waals surface area contributed by atoms with E-state index < -0.39 is 0 Å². The lowest BCUT2D eigenvalue weighted by Crippen LogP contribution is -1.99. The largest absolute Gasteiger partial charge is 0.337 e. The van der Waals surface area contributed by atoms with Crippen LogP contribution in [-0.2, 0) is 0 Å². The molecular weight excluding hydrogens is 351 g/mol. The summed E-state index contributed by atoms with van der Waals surface area (Å²) in [4.78, 5) is 12.8. The summed E-state index contributed by atoms with van der Waals surface area (Å²) in [5, 5.41) is 5.35. The van der Waals surface area contributed by atoms with E-state index >= 15 is 0 Å². The van der Waals surface area contributed by atoms with Crippen molar-refractivity contribution in [1.29, 1.82) is 0 Å². The summed E-state index contributed by atoms with van der Waals surface area (Å²) in [7, 11) is 0. The van der Waals surface area contributed by atoms with Gasteiger partial charge in [-0.25, -0.2) is 14.4 Å². The van der Waals surface area contributed by atoms with Crippen molar-refractivity contribution < 1.29 is 4.39 Å². The molecule has 0 amide bonds. The minimum absolute atomic E-state index is 0.352. The molecule has 0 spiro atoms. The Balaban J connectivity index is 1.75. The van der Waals surface area contributed by atoms with Gasteiger partial charge in [0.15, 0.2) is 0 Å². The Labute approximate surface area is 154 Å². The van der Waals surface area contributed by atoms with Gasteiger partial charge in [-0.2, -0.15) is 0 Å². The lowest BCUT2D eigenvalue weighted by atomic mass is 10.1. The summed E-state index contributed by atoms with van der Waals surface area (Å²) in [5.74, 6) is 0.153. The molecule has 0 atom stereocenters. The van der Waals surface area contributed by atoms with Crippen LogP contribution in [-0.4, -0.2) is 15.0 Å². The first-order chi connectivity index (χ1) is 12.6. The molecule has 0 unspecified atom stereocenters. The molecule has 0 aliphatic carbocycles. The molecule has 128 valence electrons. The van der Waals surface area contributed by atoms with Crippen molar-refractivity contribution in [2.45, 2.75) is 6.92 Å². The van der Waals surface area contributed by atoms with Crippen LogP contribution in [0.15, 0.2) is 61.1 Å². The van der Waals surface area contributed by atoms with Crippen LogP contribution in [0, 0.1) is 12.7 Å². The van der Waals surface area contributed by atoms with Crippen molar-refractivity contribution in [2.24, 2.45) is 0 Å². The molecule has 2 aromatic heterocycles. The average molecular weight is 365 g/mol. The maximum atomic E-state index is 14.5. The number of hydrogen-bond acceptors (Lipinski definition) is 4. The fraction of sp³-hybridized carbons (Fsp3) is 0.0500. The fourth-order valence-electron chi connectivity index (χ4n) is 2.75. The van der Waals surface area contributed by atoms with Crippen molar-refractivity contribution in [3.8, 4) is 11.3 Å². The number of aryl methyl sites for hydroxylation is 1.